The van der Waals surface area contributed by atoms with Crippen molar-refractivity contribution in [3.63, 3.8) is 0 Å². The molecule has 76 valence electrons. The third-order valence-corrected chi connectivity index (χ3v) is 4.13. The normalized spacial score (nSPS) is 37.4. The second kappa shape index (κ2) is 3.58. The highest BCUT2D eigenvalue weighted by Crippen LogP contribution is 2.47. The maximum Gasteiger partial charge on any atom is 0.0551 e. The Labute approximate surface area is 81.0 Å². The van der Waals surface area contributed by atoms with E-state index in [1.807, 2.05) is 0 Å². The van der Waals surface area contributed by atoms with Crippen molar-refractivity contribution in [2.24, 2.45) is 17.3 Å². The lowest BCUT2D eigenvalue weighted by atomic mass is 9.61. The Kier molecular flexibility index (Phi) is 2.61. The predicted octanol–water partition coefficient (Wildman–Crippen LogP) is 1.66. The molecule has 1 spiro atoms. The summed E-state index contributed by atoms with van der Waals surface area (Å²) in [6.45, 7) is 9.07. The average molecular weight is 183 g/mol. The molecule has 2 heterocycles. The van der Waals surface area contributed by atoms with Gasteiger partial charge in [-0.2, -0.15) is 0 Å². The van der Waals surface area contributed by atoms with Crippen LogP contribution in [0, 0.1) is 17.3 Å². The van der Waals surface area contributed by atoms with E-state index in [9.17, 15) is 0 Å². The van der Waals surface area contributed by atoms with Crippen molar-refractivity contribution in [1.29, 1.82) is 0 Å². The van der Waals surface area contributed by atoms with Crippen LogP contribution in [0.2, 0.25) is 0 Å². The zero-order valence-corrected chi connectivity index (χ0v) is 8.81. The predicted molar refractivity (Wildman–Crippen MR) is 53.7 cm³/mol. The lowest BCUT2D eigenvalue weighted by molar-refractivity contribution is -0.188. The molecule has 2 fully saturated rings. The van der Waals surface area contributed by atoms with E-state index in [1.165, 1.54) is 25.9 Å². The number of piperidine rings is 1. The number of rotatable bonds is 2. The van der Waals surface area contributed by atoms with Gasteiger partial charge in [-0.1, -0.05) is 26.7 Å². The summed E-state index contributed by atoms with van der Waals surface area (Å²) >= 11 is 0. The average Bonchev–Trinajstić information content (AvgIpc) is 2.13. The van der Waals surface area contributed by atoms with E-state index in [-0.39, 0.29) is 0 Å². The Morgan fingerprint density at radius 3 is 2.00 bits per heavy atom. The van der Waals surface area contributed by atoms with Crippen LogP contribution in [0.1, 0.15) is 26.7 Å². The third kappa shape index (κ3) is 1.31. The highest BCUT2D eigenvalue weighted by atomic mass is 16.5. The van der Waals surface area contributed by atoms with Crippen molar-refractivity contribution in [3.8, 4) is 0 Å². The molecule has 2 saturated heterocycles. The van der Waals surface area contributed by atoms with Crippen molar-refractivity contribution in [1.82, 2.24) is 5.32 Å². The van der Waals surface area contributed by atoms with E-state index < -0.39 is 0 Å². The molecule has 2 aliphatic heterocycles. The SMILES string of the molecule is CCC1CNCC(CC)C12COC2. The fourth-order valence-corrected chi connectivity index (χ4v) is 3.08. The van der Waals surface area contributed by atoms with E-state index in [0.29, 0.717) is 5.41 Å². The number of ether oxygens (including phenoxy) is 1. The van der Waals surface area contributed by atoms with E-state index in [1.54, 1.807) is 0 Å². The molecule has 13 heavy (non-hydrogen) atoms. The summed E-state index contributed by atoms with van der Waals surface area (Å²) < 4.78 is 5.45. The molecule has 0 radical (unpaired) electrons. The van der Waals surface area contributed by atoms with Gasteiger partial charge in [-0.05, 0) is 24.9 Å². The van der Waals surface area contributed by atoms with Gasteiger partial charge in [0.05, 0.1) is 13.2 Å². The molecule has 0 aliphatic carbocycles. The van der Waals surface area contributed by atoms with Crippen LogP contribution in [0.5, 0.6) is 0 Å². The number of hydrogen-bond donors (Lipinski definition) is 1. The number of nitrogens with one attached hydrogen (secondary N) is 1. The maximum absolute atomic E-state index is 5.45. The first-order chi connectivity index (χ1) is 6.33. The fourth-order valence-electron chi connectivity index (χ4n) is 3.08. The van der Waals surface area contributed by atoms with Gasteiger partial charge in [0.25, 0.3) is 0 Å². The monoisotopic (exact) mass is 183 g/mol. The molecule has 0 aromatic rings. The molecule has 0 bridgehead atoms. The van der Waals surface area contributed by atoms with E-state index >= 15 is 0 Å². The van der Waals surface area contributed by atoms with E-state index in [2.05, 4.69) is 19.2 Å². The minimum atomic E-state index is 0.550. The Morgan fingerprint density at radius 2 is 1.69 bits per heavy atom. The standard InChI is InChI=1S/C11H21NO/c1-3-9-5-12-6-10(4-2)11(9)7-13-8-11/h9-10,12H,3-8H2,1-2H3. The largest absolute Gasteiger partial charge is 0.380 e. The van der Waals surface area contributed by atoms with Crippen LogP contribution >= 0.6 is 0 Å². The van der Waals surface area contributed by atoms with Crippen LogP contribution in [-0.4, -0.2) is 26.3 Å². The van der Waals surface area contributed by atoms with Crippen molar-refractivity contribution in [2.45, 2.75) is 26.7 Å². The maximum atomic E-state index is 5.45. The molecule has 2 unspecified atom stereocenters. The quantitative estimate of drug-likeness (QED) is 0.703. The van der Waals surface area contributed by atoms with Gasteiger partial charge in [-0.15, -0.1) is 0 Å². The van der Waals surface area contributed by atoms with Crippen molar-refractivity contribution in [3.05, 3.63) is 0 Å². The van der Waals surface area contributed by atoms with Gasteiger partial charge in [0.2, 0.25) is 0 Å². The molecule has 0 saturated carbocycles. The Hall–Kier alpha value is -0.0800. The molecule has 0 amide bonds. The Balaban J connectivity index is 2.11. The molecule has 2 atom stereocenters. The van der Waals surface area contributed by atoms with Crippen LogP contribution in [0.25, 0.3) is 0 Å². The van der Waals surface area contributed by atoms with Crippen LogP contribution < -0.4 is 5.32 Å². The van der Waals surface area contributed by atoms with E-state index in [0.717, 1.165) is 25.0 Å². The Bertz CT molecular complexity index is 163. The minimum absolute atomic E-state index is 0.550. The summed E-state index contributed by atoms with van der Waals surface area (Å²) in [5.74, 6) is 1.69. The summed E-state index contributed by atoms with van der Waals surface area (Å²) in [6, 6.07) is 0. The fraction of sp³-hybridized carbons (Fsp3) is 1.00. The highest BCUT2D eigenvalue weighted by molar-refractivity contribution is 5.00. The van der Waals surface area contributed by atoms with Crippen molar-refractivity contribution in [2.75, 3.05) is 26.3 Å². The van der Waals surface area contributed by atoms with Gasteiger partial charge < -0.3 is 10.1 Å². The van der Waals surface area contributed by atoms with Gasteiger partial charge in [-0.25, -0.2) is 0 Å². The lowest BCUT2D eigenvalue weighted by Crippen LogP contribution is -2.61. The van der Waals surface area contributed by atoms with Gasteiger partial charge >= 0.3 is 0 Å². The van der Waals surface area contributed by atoms with Gasteiger partial charge in [-0.3, -0.25) is 0 Å². The molecule has 2 rings (SSSR count). The van der Waals surface area contributed by atoms with Gasteiger partial charge in [0.1, 0.15) is 0 Å². The van der Waals surface area contributed by atoms with Crippen LogP contribution in [0.3, 0.4) is 0 Å². The smallest absolute Gasteiger partial charge is 0.0551 e. The zero-order valence-electron chi connectivity index (χ0n) is 8.81. The first kappa shape index (κ1) is 9.47. The second-order valence-electron chi connectivity index (χ2n) is 4.59. The number of hydrogen-bond acceptors (Lipinski definition) is 2. The molecule has 0 aromatic heterocycles. The third-order valence-electron chi connectivity index (χ3n) is 4.13. The van der Waals surface area contributed by atoms with E-state index in [4.69, 9.17) is 4.74 Å². The van der Waals surface area contributed by atoms with Crippen LogP contribution in [0.4, 0.5) is 0 Å². The van der Waals surface area contributed by atoms with Crippen LogP contribution in [0.15, 0.2) is 0 Å². The minimum Gasteiger partial charge on any atom is -0.380 e. The Morgan fingerprint density at radius 1 is 1.15 bits per heavy atom. The summed E-state index contributed by atoms with van der Waals surface area (Å²) in [4.78, 5) is 0. The lowest BCUT2D eigenvalue weighted by Gasteiger charge is -2.55. The topological polar surface area (TPSA) is 21.3 Å². The van der Waals surface area contributed by atoms with Gasteiger partial charge in [0.15, 0.2) is 0 Å². The molecular formula is C11H21NO. The molecular weight excluding hydrogens is 162 g/mol. The summed E-state index contributed by atoms with van der Waals surface area (Å²) in [7, 11) is 0. The summed E-state index contributed by atoms with van der Waals surface area (Å²) in [5, 5.41) is 3.55. The molecule has 2 aliphatic rings. The molecule has 2 heteroatoms. The molecule has 2 nitrogen and oxygen atoms in total. The molecule has 1 N–H and O–H groups in total. The first-order valence-electron chi connectivity index (χ1n) is 5.62. The summed E-state index contributed by atoms with van der Waals surface area (Å²) in [5.41, 5.74) is 0.550. The molecule has 0 aromatic carbocycles. The highest BCUT2D eigenvalue weighted by Gasteiger charge is 2.51. The zero-order chi connectivity index (χ0) is 9.31. The summed E-state index contributed by atoms with van der Waals surface area (Å²) in [6.07, 6.45) is 2.60. The van der Waals surface area contributed by atoms with Crippen molar-refractivity contribution < 1.29 is 4.74 Å². The first-order valence-corrected chi connectivity index (χ1v) is 5.62. The van der Waals surface area contributed by atoms with Crippen molar-refractivity contribution >= 4 is 0 Å². The second-order valence-corrected chi connectivity index (χ2v) is 4.59. The van der Waals surface area contributed by atoms with Gasteiger partial charge in [0, 0.05) is 5.41 Å². The van der Waals surface area contributed by atoms with Crippen LogP contribution in [-0.2, 0) is 4.74 Å².